The van der Waals surface area contributed by atoms with E-state index in [2.05, 4.69) is 16.4 Å². The maximum Gasteiger partial charge on any atom is 0.0501 e. The summed E-state index contributed by atoms with van der Waals surface area (Å²) in [4.78, 5) is 0. The Balaban J connectivity index is 2.34. The molecule has 1 unspecified atom stereocenters. The Bertz CT molecular complexity index is 19.5. The topological polar surface area (TPSA) is 9.23 Å². The Morgan fingerprint density at radius 2 is 2.33 bits per heavy atom. The fourth-order valence-corrected chi connectivity index (χ4v) is 0.394. The fraction of sp³-hybridized carbons (Fsp3) is 1.00. The second-order valence-corrected chi connectivity index (χ2v) is 1.56. The molecule has 38 valence electrons. The molecule has 0 N–H and O–H groups in total. The standard InChI is InChI=1S/C4H11OP/c1-2-3-4-5-6/h2-4,6H2,1H3. The van der Waals surface area contributed by atoms with Gasteiger partial charge in [0.2, 0.25) is 0 Å². The Morgan fingerprint density at radius 3 is 2.50 bits per heavy atom. The van der Waals surface area contributed by atoms with E-state index >= 15 is 0 Å². The zero-order valence-electron chi connectivity index (χ0n) is 4.11. The van der Waals surface area contributed by atoms with Crippen LogP contribution in [0.2, 0.25) is 0 Å². The summed E-state index contributed by atoms with van der Waals surface area (Å²) in [5.41, 5.74) is 0. The zero-order valence-corrected chi connectivity index (χ0v) is 5.26. The number of hydrogen-bond donors (Lipinski definition) is 0. The molecule has 0 aromatic rings. The smallest absolute Gasteiger partial charge is 0.0501 e. The van der Waals surface area contributed by atoms with Gasteiger partial charge in [0.05, 0.1) is 6.61 Å². The van der Waals surface area contributed by atoms with Gasteiger partial charge in [-0.3, -0.25) is 0 Å². The first-order valence-corrected chi connectivity index (χ1v) is 2.70. The van der Waals surface area contributed by atoms with E-state index in [1.165, 1.54) is 12.8 Å². The molecule has 6 heavy (non-hydrogen) atoms. The largest absolute Gasteiger partial charge is 0.366 e. The third kappa shape index (κ3) is 4.39. The van der Waals surface area contributed by atoms with Gasteiger partial charge in [-0.2, -0.15) is 0 Å². The first kappa shape index (κ1) is 6.39. The fourth-order valence-electron chi connectivity index (χ4n) is 0.228. The molecule has 0 heterocycles. The minimum Gasteiger partial charge on any atom is -0.366 e. The van der Waals surface area contributed by atoms with Gasteiger partial charge >= 0.3 is 0 Å². The first-order chi connectivity index (χ1) is 2.91. The summed E-state index contributed by atoms with van der Waals surface area (Å²) in [7, 11) is 2.23. The van der Waals surface area contributed by atoms with Crippen LogP contribution in [-0.4, -0.2) is 6.61 Å². The molecule has 0 radical (unpaired) electrons. The van der Waals surface area contributed by atoms with Gasteiger partial charge in [0.15, 0.2) is 0 Å². The Labute approximate surface area is 41.4 Å². The lowest BCUT2D eigenvalue weighted by Gasteiger charge is -1.89. The maximum atomic E-state index is 4.70. The van der Waals surface area contributed by atoms with Crippen molar-refractivity contribution >= 4 is 9.47 Å². The van der Waals surface area contributed by atoms with Crippen molar-refractivity contribution < 1.29 is 4.52 Å². The summed E-state index contributed by atoms with van der Waals surface area (Å²) >= 11 is 0. The molecule has 1 atom stereocenters. The SMILES string of the molecule is CCCCOP. The number of unbranched alkanes of at least 4 members (excludes halogenated alkanes) is 1. The van der Waals surface area contributed by atoms with Crippen LogP contribution in [0.5, 0.6) is 0 Å². The molecule has 0 aliphatic carbocycles. The lowest BCUT2D eigenvalue weighted by atomic mass is 10.4. The van der Waals surface area contributed by atoms with Crippen LogP contribution < -0.4 is 0 Å². The van der Waals surface area contributed by atoms with E-state index in [4.69, 9.17) is 4.52 Å². The number of rotatable bonds is 3. The van der Waals surface area contributed by atoms with E-state index in [0.29, 0.717) is 0 Å². The average molecular weight is 106 g/mol. The molecule has 0 aromatic carbocycles. The van der Waals surface area contributed by atoms with E-state index in [9.17, 15) is 0 Å². The molecular formula is C4H11OP. The van der Waals surface area contributed by atoms with E-state index in [-0.39, 0.29) is 0 Å². The molecule has 0 saturated carbocycles. The maximum absolute atomic E-state index is 4.70. The third-order valence-corrected chi connectivity index (χ3v) is 0.851. The highest BCUT2D eigenvalue weighted by atomic mass is 31.0. The summed E-state index contributed by atoms with van der Waals surface area (Å²) in [6.45, 7) is 3.02. The van der Waals surface area contributed by atoms with E-state index in [0.717, 1.165) is 6.61 Å². The molecule has 0 aliphatic rings. The van der Waals surface area contributed by atoms with Crippen molar-refractivity contribution in [1.82, 2.24) is 0 Å². The predicted molar refractivity (Wildman–Crippen MR) is 30.6 cm³/mol. The second-order valence-electron chi connectivity index (χ2n) is 1.22. The second kappa shape index (κ2) is 5.39. The zero-order chi connectivity index (χ0) is 4.83. The highest BCUT2D eigenvalue weighted by Crippen LogP contribution is 1.90. The van der Waals surface area contributed by atoms with Crippen LogP contribution in [0.3, 0.4) is 0 Å². The summed E-state index contributed by atoms with van der Waals surface area (Å²) in [6.07, 6.45) is 2.39. The lowest BCUT2D eigenvalue weighted by molar-refractivity contribution is 0.360. The molecule has 1 nitrogen and oxygen atoms in total. The molecular weight excluding hydrogens is 95.0 g/mol. The van der Waals surface area contributed by atoms with Crippen molar-refractivity contribution in [2.45, 2.75) is 19.8 Å². The van der Waals surface area contributed by atoms with Gasteiger partial charge < -0.3 is 4.52 Å². The minimum atomic E-state index is 0.876. The highest BCUT2D eigenvalue weighted by molar-refractivity contribution is 7.09. The van der Waals surface area contributed by atoms with Crippen LogP contribution in [0.4, 0.5) is 0 Å². The molecule has 0 spiro atoms. The summed E-state index contributed by atoms with van der Waals surface area (Å²) in [5, 5.41) is 0. The van der Waals surface area contributed by atoms with E-state index < -0.39 is 0 Å². The van der Waals surface area contributed by atoms with E-state index in [1.807, 2.05) is 0 Å². The Hall–Kier alpha value is 0.390. The van der Waals surface area contributed by atoms with Gasteiger partial charge in [-0.1, -0.05) is 13.3 Å². The van der Waals surface area contributed by atoms with Crippen molar-refractivity contribution in [2.75, 3.05) is 6.61 Å². The van der Waals surface area contributed by atoms with Crippen LogP contribution in [-0.2, 0) is 4.52 Å². The highest BCUT2D eigenvalue weighted by Gasteiger charge is 1.74. The minimum absolute atomic E-state index is 0.876. The molecule has 0 saturated heterocycles. The van der Waals surface area contributed by atoms with Crippen LogP contribution in [0, 0.1) is 0 Å². The van der Waals surface area contributed by atoms with Crippen LogP contribution in [0.1, 0.15) is 19.8 Å². The quantitative estimate of drug-likeness (QED) is 0.392. The van der Waals surface area contributed by atoms with Gasteiger partial charge in [-0.05, 0) is 6.42 Å². The van der Waals surface area contributed by atoms with Crippen LogP contribution in [0.15, 0.2) is 0 Å². The van der Waals surface area contributed by atoms with Gasteiger partial charge in [0.1, 0.15) is 0 Å². The lowest BCUT2D eigenvalue weighted by Crippen LogP contribution is -1.78. The van der Waals surface area contributed by atoms with Crippen molar-refractivity contribution in [3.8, 4) is 0 Å². The molecule has 0 rings (SSSR count). The predicted octanol–water partition coefficient (Wildman–Crippen LogP) is 1.59. The molecule has 0 bridgehead atoms. The molecule has 0 fully saturated rings. The summed E-state index contributed by atoms with van der Waals surface area (Å²) < 4.78 is 4.70. The Kier molecular flexibility index (Phi) is 5.74. The third-order valence-electron chi connectivity index (χ3n) is 0.616. The van der Waals surface area contributed by atoms with Gasteiger partial charge in [0.25, 0.3) is 0 Å². The van der Waals surface area contributed by atoms with Crippen molar-refractivity contribution in [3.63, 3.8) is 0 Å². The molecule has 0 amide bonds. The summed E-state index contributed by atoms with van der Waals surface area (Å²) in [5.74, 6) is 0. The molecule has 0 aromatic heterocycles. The van der Waals surface area contributed by atoms with E-state index in [1.54, 1.807) is 0 Å². The van der Waals surface area contributed by atoms with Crippen molar-refractivity contribution in [2.24, 2.45) is 0 Å². The number of hydrogen-bond acceptors (Lipinski definition) is 1. The monoisotopic (exact) mass is 106 g/mol. The summed E-state index contributed by atoms with van der Waals surface area (Å²) in [6, 6.07) is 0. The van der Waals surface area contributed by atoms with Gasteiger partial charge in [0, 0.05) is 9.47 Å². The van der Waals surface area contributed by atoms with Crippen LogP contribution in [0.25, 0.3) is 0 Å². The van der Waals surface area contributed by atoms with Gasteiger partial charge in [-0.25, -0.2) is 0 Å². The van der Waals surface area contributed by atoms with Crippen molar-refractivity contribution in [1.29, 1.82) is 0 Å². The Morgan fingerprint density at radius 1 is 1.67 bits per heavy atom. The van der Waals surface area contributed by atoms with Crippen LogP contribution >= 0.6 is 9.47 Å². The average Bonchev–Trinajstić information content (AvgIpc) is 1.61. The first-order valence-electron chi connectivity index (χ1n) is 2.23. The molecule has 0 aliphatic heterocycles. The van der Waals surface area contributed by atoms with Gasteiger partial charge in [-0.15, -0.1) is 0 Å². The molecule has 2 heteroatoms. The normalized spacial score (nSPS) is 9.00. The van der Waals surface area contributed by atoms with Crippen molar-refractivity contribution in [3.05, 3.63) is 0 Å².